The normalized spacial score (nSPS) is 19.0. The summed E-state index contributed by atoms with van der Waals surface area (Å²) in [5.74, 6) is -0.231. The lowest BCUT2D eigenvalue weighted by Crippen LogP contribution is -2.41. The molecule has 1 amide bonds. The number of hydrogen-bond donors (Lipinski definition) is 2. The molecule has 1 unspecified atom stereocenters. The summed E-state index contributed by atoms with van der Waals surface area (Å²) in [5.41, 5.74) is 0.334. The van der Waals surface area contributed by atoms with E-state index in [9.17, 15) is 14.9 Å². The Labute approximate surface area is 123 Å². The van der Waals surface area contributed by atoms with Crippen LogP contribution in [0, 0.1) is 10.1 Å². The second-order valence-electron chi connectivity index (χ2n) is 5.40. The zero-order valence-corrected chi connectivity index (χ0v) is 12.3. The van der Waals surface area contributed by atoms with Crippen molar-refractivity contribution in [1.29, 1.82) is 0 Å². The average Bonchev–Trinajstić information content (AvgIpc) is 2.70. The Kier molecular flexibility index (Phi) is 5.32. The van der Waals surface area contributed by atoms with Crippen LogP contribution in [0.3, 0.4) is 0 Å². The summed E-state index contributed by atoms with van der Waals surface area (Å²) in [6.07, 6.45) is 5.38. The average molecular weight is 294 g/mol. The summed E-state index contributed by atoms with van der Waals surface area (Å²) >= 11 is 0. The van der Waals surface area contributed by atoms with Crippen LogP contribution >= 0.6 is 0 Å². The molecule has 2 N–H and O–H groups in total. The van der Waals surface area contributed by atoms with Gasteiger partial charge in [-0.25, -0.2) is 0 Å². The van der Waals surface area contributed by atoms with Crippen LogP contribution in [0.5, 0.6) is 0 Å². The van der Waals surface area contributed by atoms with Crippen molar-refractivity contribution < 1.29 is 9.72 Å². The Balaban J connectivity index is 2.11. The van der Waals surface area contributed by atoms with Crippen molar-refractivity contribution in [3.63, 3.8) is 0 Å². The molecule has 0 spiro atoms. The zero-order chi connectivity index (χ0) is 15.2. The van der Waals surface area contributed by atoms with Crippen LogP contribution in [-0.4, -0.2) is 34.5 Å². The van der Waals surface area contributed by atoms with Crippen LogP contribution in [0.25, 0.3) is 0 Å². The highest BCUT2D eigenvalue weighted by Gasteiger charge is 2.21. The highest BCUT2D eigenvalue weighted by Crippen LogP contribution is 2.17. The molecule has 1 atom stereocenters. The van der Waals surface area contributed by atoms with E-state index < -0.39 is 4.92 Å². The number of rotatable bonds is 5. The molecule has 7 heteroatoms. The summed E-state index contributed by atoms with van der Waals surface area (Å²) in [6, 6.07) is 1.44. The van der Waals surface area contributed by atoms with Crippen LogP contribution < -0.4 is 10.6 Å². The maximum Gasteiger partial charge on any atom is 0.287 e. The summed E-state index contributed by atoms with van der Waals surface area (Å²) in [7, 11) is 0. The van der Waals surface area contributed by atoms with Gasteiger partial charge in [-0.3, -0.25) is 14.9 Å². The van der Waals surface area contributed by atoms with Crippen molar-refractivity contribution in [3.05, 3.63) is 28.1 Å². The first-order valence-corrected chi connectivity index (χ1v) is 7.48. The molecule has 1 fully saturated rings. The Morgan fingerprint density at radius 3 is 3.10 bits per heavy atom. The van der Waals surface area contributed by atoms with Crippen LogP contribution in [-0.2, 0) is 6.54 Å². The van der Waals surface area contributed by atoms with E-state index in [-0.39, 0.29) is 17.6 Å². The Bertz CT molecular complexity index is 504. The van der Waals surface area contributed by atoms with Gasteiger partial charge in [-0.05, 0) is 25.8 Å². The minimum atomic E-state index is -0.462. The van der Waals surface area contributed by atoms with Gasteiger partial charge in [-0.15, -0.1) is 0 Å². The van der Waals surface area contributed by atoms with Gasteiger partial charge >= 0.3 is 0 Å². The molecule has 2 heterocycles. The molecule has 0 aliphatic carbocycles. The van der Waals surface area contributed by atoms with Crippen LogP contribution in [0.4, 0.5) is 5.69 Å². The maximum atomic E-state index is 12.4. The first-order valence-electron chi connectivity index (χ1n) is 7.48. The van der Waals surface area contributed by atoms with E-state index in [0.29, 0.717) is 12.2 Å². The second-order valence-corrected chi connectivity index (χ2v) is 5.40. The molecule has 1 aliphatic rings. The number of nitrogens with zero attached hydrogens (tertiary/aromatic N) is 2. The van der Waals surface area contributed by atoms with Crippen molar-refractivity contribution in [3.8, 4) is 0 Å². The van der Waals surface area contributed by atoms with E-state index >= 15 is 0 Å². The van der Waals surface area contributed by atoms with E-state index in [1.165, 1.54) is 12.3 Å². The molecule has 0 radical (unpaired) electrons. The van der Waals surface area contributed by atoms with E-state index in [1.807, 2.05) is 6.92 Å². The van der Waals surface area contributed by atoms with Gasteiger partial charge in [0.15, 0.2) is 0 Å². The number of nitro groups is 1. The number of carbonyl (C=O) groups is 1. The van der Waals surface area contributed by atoms with Crippen molar-refractivity contribution >= 4 is 11.6 Å². The number of aryl methyl sites for hydroxylation is 1. The van der Waals surface area contributed by atoms with Crippen molar-refractivity contribution in [2.24, 2.45) is 0 Å². The van der Waals surface area contributed by atoms with Crippen molar-refractivity contribution in [2.45, 2.75) is 45.2 Å². The number of aromatic nitrogens is 1. The van der Waals surface area contributed by atoms with E-state index in [2.05, 4.69) is 10.6 Å². The first-order chi connectivity index (χ1) is 10.1. The predicted octanol–water partition coefficient (Wildman–Crippen LogP) is 1.68. The minimum Gasteiger partial charge on any atom is -0.347 e. The largest absolute Gasteiger partial charge is 0.347 e. The summed E-state index contributed by atoms with van der Waals surface area (Å²) < 4.78 is 1.66. The molecule has 1 saturated heterocycles. The molecule has 0 bridgehead atoms. The molecule has 1 aromatic rings. The lowest BCUT2D eigenvalue weighted by atomic mass is 10.1. The smallest absolute Gasteiger partial charge is 0.287 e. The Morgan fingerprint density at radius 2 is 2.38 bits per heavy atom. The lowest BCUT2D eigenvalue weighted by Gasteiger charge is -2.17. The van der Waals surface area contributed by atoms with Crippen LogP contribution in [0.15, 0.2) is 12.3 Å². The molecule has 7 nitrogen and oxygen atoms in total. The molecule has 0 aromatic carbocycles. The highest BCUT2D eigenvalue weighted by atomic mass is 16.6. The molecule has 1 aromatic heterocycles. The number of carbonyl (C=O) groups excluding carboxylic acids is 1. The molecule has 1 aliphatic heterocycles. The van der Waals surface area contributed by atoms with Gasteiger partial charge in [0.2, 0.25) is 0 Å². The molecule has 116 valence electrons. The number of amides is 1. The molecule has 0 saturated carbocycles. The predicted molar refractivity (Wildman–Crippen MR) is 79.4 cm³/mol. The lowest BCUT2D eigenvalue weighted by molar-refractivity contribution is -0.384. The van der Waals surface area contributed by atoms with Gasteiger partial charge in [0.25, 0.3) is 11.6 Å². The van der Waals surface area contributed by atoms with E-state index in [0.717, 1.165) is 38.8 Å². The quantitative estimate of drug-likeness (QED) is 0.638. The topological polar surface area (TPSA) is 89.2 Å². The van der Waals surface area contributed by atoms with Gasteiger partial charge < -0.3 is 15.2 Å². The third kappa shape index (κ3) is 4.04. The summed E-state index contributed by atoms with van der Waals surface area (Å²) in [4.78, 5) is 22.8. The molecule has 21 heavy (non-hydrogen) atoms. The van der Waals surface area contributed by atoms with Gasteiger partial charge in [0.05, 0.1) is 11.1 Å². The fourth-order valence-electron chi connectivity index (χ4n) is 2.61. The maximum absolute atomic E-state index is 12.4. The Hall–Kier alpha value is -1.89. The summed E-state index contributed by atoms with van der Waals surface area (Å²) in [5, 5.41) is 17.1. The molecular formula is C14H22N4O3. The first kappa shape index (κ1) is 15.5. The molecule has 2 rings (SSSR count). The third-order valence-corrected chi connectivity index (χ3v) is 3.67. The summed E-state index contributed by atoms with van der Waals surface area (Å²) in [6.45, 7) is 4.30. The van der Waals surface area contributed by atoms with Crippen LogP contribution in [0.2, 0.25) is 0 Å². The monoisotopic (exact) mass is 294 g/mol. The van der Waals surface area contributed by atoms with Crippen molar-refractivity contribution in [1.82, 2.24) is 15.2 Å². The standard InChI is InChI=1S/C14H22N4O3/c1-2-7-17-10-12(18(20)21)8-13(17)14(19)16-11-5-3-4-6-15-9-11/h8,10-11,15H,2-7,9H2,1H3,(H,16,19). The van der Waals surface area contributed by atoms with Gasteiger partial charge in [0, 0.05) is 25.2 Å². The van der Waals surface area contributed by atoms with Gasteiger partial charge in [-0.1, -0.05) is 13.3 Å². The Morgan fingerprint density at radius 1 is 1.57 bits per heavy atom. The zero-order valence-electron chi connectivity index (χ0n) is 12.3. The fraction of sp³-hybridized carbons (Fsp3) is 0.643. The highest BCUT2D eigenvalue weighted by molar-refractivity contribution is 5.93. The minimum absolute atomic E-state index is 0.0346. The number of nitrogens with one attached hydrogen (secondary N) is 2. The van der Waals surface area contributed by atoms with E-state index in [4.69, 9.17) is 0 Å². The van der Waals surface area contributed by atoms with Gasteiger partial charge in [-0.2, -0.15) is 0 Å². The van der Waals surface area contributed by atoms with Gasteiger partial charge in [0.1, 0.15) is 5.69 Å². The number of hydrogen-bond acceptors (Lipinski definition) is 4. The third-order valence-electron chi connectivity index (χ3n) is 3.67. The second kappa shape index (κ2) is 7.21. The van der Waals surface area contributed by atoms with Crippen molar-refractivity contribution in [2.75, 3.05) is 13.1 Å². The fourth-order valence-corrected chi connectivity index (χ4v) is 2.61. The van der Waals surface area contributed by atoms with E-state index in [1.54, 1.807) is 4.57 Å². The van der Waals surface area contributed by atoms with Crippen LogP contribution in [0.1, 0.15) is 43.1 Å². The SMILES string of the molecule is CCCn1cc([N+](=O)[O-])cc1C(=O)NC1CCCCNC1. The molecular weight excluding hydrogens is 272 g/mol.